The Labute approximate surface area is 132 Å². The number of H-pyrrole nitrogens is 1. The Balaban J connectivity index is 1.82. The number of aromatic nitrogens is 3. The largest absolute Gasteiger partial charge is 0.497 e. The summed E-state index contributed by atoms with van der Waals surface area (Å²) in [5, 5.41) is 13.5. The summed E-state index contributed by atoms with van der Waals surface area (Å²) in [4.78, 5) is 12.3. The Hall–Kier alpha value is -3.09. The molecule has 0 saturated heterocycles. The van der Waals surface area contributed by atoms with E-state index in [0.717, 1.165) is 11.3 Å². The molecule has 23 heavy (non-hydrogen) atoms. The standard InChI is InChI=1S/C16H16N4O3/c1-9-15(10(2)23-20-9)17-16(21)14-8-13(18-19-14)11-5-4-6-12(7-11)22-3/h4-8H,1-3H3,(H,17,21)(H,18,19). The fraction of sp³-hybridized carbons (Fsp3) is 0.188. The van der Waals surface area contributed by atoms with Crippen LogP contribution in [0.3, 0.4) is 0 Å². The van der Waals surface area contributed by atoms with Gasteiger partial charge in [0.25, 0.3) is 5.91 Å². The summed E-state index contributed by atoms with van der Waals surface area (Å²) < 4.78 is 10.2. The van der Waals surface area contributed by atoms with Gasteiger partial charge in [0.2, 0.25) is 0 Å². The lowest BCUT2D eigenvalue weighted by atomic mass is 10.1. The lowest BCUT2D eigenvalue weighted by molar-refractivity contribution is 0.102. The highest BCUT2D eigenvalue weighted by Crippen LogP contribution is 2.23. The summed E-state index contributed by atoms with van der Waals surface area (Å²) in [6.07, 6.45) is 0. The van der Waals surface area contributed by atoms with Gasteiger partial charge in [-0.15, -0.1) is 0 Å². The predicted octanol–water partition coefficient (Wildman–Crippen LogP) is 2.94. The molecule has 2 aromatic heterocycles. The summed E-state index contributed by atoms with van der Waals surface area (Å²) in [6, 6.07) is 9.15. The van der Waals surface area contributed by atoms with Crippen molar-refractivity contribution in [2.75, 3.05) is 12.4 Å². The van der Waals surface area contributed by atoms with E-state index in [-0.39, 0.29) is 5.91 Å². The number of carbonyl (C=O) groups is 1. The summed E-state index contributed by atoms with van der Waals surface area (Å²) in [7, 11) is 1.60. The van der Waals surface area contributed by atoms with E-state index in [2.05, 4.69) is 20.7 Å². The molecule has 0 aliphatic rings. The molecule has 0 saturated carbocycles. The van der Waals surface area contributed by atoms with E-state index in [9.17, 15) is 4.79 Å². The highest BCUT2D eigenvalue weighted by Gasteiger charge is 2.16. The first kappa shape index (κ1) is 14.8. The molecular formula is C16H16N4O3. The van der Waals surface area contributed by atoms with Gasteiger partial charge in [-0.25, -0.2) is 0 Å². The summed E-state index contributed by atoms with van der Waals surface area (Å²) in [5.74, 6) is 0.983. The zero-order valence-electron chi connectivity index (χ0n) is 13.0. The number of hydrogen-bond acceptors (Lipinski definition) is 5. The van der Waals surface area contributed by atoms with E-state index in [1.165, 1.54) is 0 Å². The molecule has 0 aliphatic carbocycles. The number of aromatic amines is 1. The number of carbonyl (C=O) groups excluding carboxylic acids is 1. The van der Waals surface area contributed by atoms with Gasteiger partial charge in [-0.05, 0) is 32.0 Å². The lowest BCUT2D eigenvalue weighted by Crippen LogP contribution is -2.13. The second-order valence-corrected chi connectivity index (χ2v) is 5.05. The van der Waals surface area contributed by atoms with Crippen LogP contribution in [0, 0.1) is 13.8 Å². The zero-order chi connectivity index (χ0) is 16.4. The molecule has 3 aromatic rings. The maximum Gasteiger partial charge on any atom is 0.273 e. The van der Waals surface area contributed by atoms with Gasteiger partial charge < -0.3 is 14.6 Å². The smallest absolute Gasteiger partial charge is 0.273 e. The van der Waals surface area contributed by atoms with E-state index in [1.807, 2.05) is 24.3 Å². The van der Waals surface area contributed by atoms with Gasteiger partial charge in [-0.2, -0.15) is 5.10 Å². The molecule has 1 aromatic carbocycles. The molecule has 0 aliphatic heterocycles. The number of methoxy groups -OCH3 is 1. The van der Waals surface area contributed by atoms with Gasteiger partial charge >= 0.3 is 0 Å². The van der Waals surface area contributed by atoms with Gasteiger partial charge in [-0.3, -0.25) is 9.89 Å². The minimum atomic E-state index is -0.305. The molecule has 2 N–H and O–H groups in total. The average molecular weight is 312 g/mol. The maximum atomic E-state index is 12.3. The van der Waals surface area contributed by atoms with Gasteiger partial charge in [-0.1, -0.05) is 17.3 Å². The lowest BCUT2D eigenvalue weighted by Gasteiger charge is -2.02. The predicted molar refractivity (Wildman–Crippen MR) is 84.5 cm³/mol. The maximum absolute atomic E-state index is 12.3. The van der Waals surface area contributed by atoms with Crippen LogP contribution in [0.1, 0.15) is 21.9 Å². The molecule has 3 rings (SSSR count). The Morgan fingerprint density at radius 3 is 2.83 bits per heavy atom. The highest BCUT2D eigenvalue weighted by atomic mass is 16.5. The SMILES string of the molecule is COc1cccc(-c2cc(C(=O)Nc3c(C)noc3C)[nH]n2)c1. The number of anilines is 1. The molecule has 0 spiro atoms. The number of hydrogen-bond donors (Lipinski definition) is 2. The molecule has 1 amide bonds. The van der Waals surface area contributed by atoms with Gasteiger partial charge in [0.1, 0.15) is 22.8 Å². The number of amides is 1. The number of nitrogens with one attached hydrogen (secondary N) is 2. The minimum absolute atomic E-state index is 0.305. The first-order valence-corrected chi connectivity index (χ1v) is 7.02. The Morgan fingerprint density at radius 1 is 1.30 bits per heavy atom. The van der Waals surface area contributed by atoms with E-state index in [0.29, 0.717) is 28.5 Å². The van der Waals surface area contributed by atoms with Gasteiger partial charge in [0.05, 0.1) is 12.8 Å². The van der Waals surface area contributed by atoms with Gasteiger partial charge in [0, 0.05) is 5.56 Å². The number of benzene rings is 1. The molecule has 2 heterocycles. The number of aryl methyl sites for hydroxylation is 2. The van der Waals surface area contributed by atoms with Crippen molar-refractivity contribution in [3.63, 3.8) is 0 Å². The van der Waals surface area contributed by atoms with Crippen molar-refractivity contribution >= 4 is 11.6 Å². The van der Waals surface area contributed by atoms with Crippen molar-refractivity contribution in [2.45, 2.75) is 13.8 Å². The molecule has 0 bridgehead atoms. The summed E-state index contributed by atoms with van der Waals surface area (Å²) in [6.45, 7) is 3.50. The van der Waals surface area contributed by atoms with Crippen LogP contribution >= 0.6 is 0 Å². The van der Waals surface area contributed by atoms with Crippen LogP contribution in [0.15, 0.2) is 34.9 Å². The Bertz CT molecular complexity index is 831. The molecule has 0 fully saturated rings. The number of nitrogens with zero attached hydrogens (tertiary/aromatic N) is 2. The molecule has 0 atom stereocenters. The van der Waals surface area contributed by atoms with Crippen LogP contribution in [0.4, 0.5) is 5.69 Å². The van der Waals surface area contributed by atoms with Crippen molar-refractivity contribution in [3.05, 3.63) is 47.5 Å². The van der Waals surface area contributed by atoms with E-state index in [4.69, 9.17) is 9.26 Å². The monoisotopic (exact) mass is 312 g/mol. The Kier molecular flexibility index (Phi) is 3.84. The van der Waals surface area contributed by atoms with Crippen molar-refractivity contribution in [3.8, 4) is 17.0 Å². The van der Waals surface area contributed by atoms with Crippen LogP contribution in [-0.2, 0) is 0 Å². The summed E-state index contributed by atoms with van der Waals surface area (Å²) in [5.41, 5.74) is 3.07. The Morgan fingerprint density at radius 2 is 2.13 bits per heavy atom. The number of rotatable bonds is 4. The third kappa shape index (κ3) is 2.94. The third-order valence-electron chi connectivity index (χ3n) is 3.46. The van der Waals surface area contributed by atoms with Crippen molar-refractivity contribution in [2.24, 2.45) is 0 Å². The van der Waals surface area contributed by atoms with Gasteiger partial charge in [0.15, 0.2) is 5.76 Å². The van der Waals surface area contributed by atoms with Crippen molar-refractivity contribution < 1.29 is 14.1 Å². The van der Waals surface area contributed by atoms with Crippen molar-refractivity contribution in [1.29, 1.82) is 0 Å². The quantitative estimate of drug-likeness (QED) is 0.772. The fourth-order valence-electron chi connectivity index (χ4n) is 2.21. The second-order valence-electron chi connectivity index (χ2n) is 5.05. The summed E-state index contributed by atoms with van der Waals surface area (Å²) >= 11 is 0. The van der Waals surface area contributed by atoms with Crippen LogP contribution in [0.2, 0.25) is 0 Å². The average Bonchev–Trinajstić information content (AvgIpc) is 3.17. The van der Waals surface area contributed by atoms with Crippen LogP contribution in [0.5, 0.6) is 5.75 Å². The molecule has 0 radical (unpaired) electrons. The van der Waals surface area contributed by atoms with E-state index >= 15 is 0 Å². The number of ether oxygens (including phenoxy) is 1. The molecule has 7 nitrogen and oxygen atoms in total. The first-order valence-electron chi connectivity index (χ1n) is 7.02. The van der Waals surface area contributed by atoms with E-state index < -0.39 is 0 Å². The normalized spacial score (nSPS) is 10.6. The highest BCUT2D eigenvalue weighted by molar-refractivity contribution is 6.04. The van der Waals surface area contributed by atoms with Crippen LogP contribution in [-0.4, -0.2) is 28.4 Å². The zero-order valence-corrected chi connectivity index (χ0v) is 13.0. The molecule has 118 valence electrons. The second kappa shape index (κ2) is 5.96. The molecule has 0 unspecified atom stereocenters. The van der Waals surface area contributed by atoms with Crippen molar-refractivity contribution in [1.82, 2.24) is 15.4 Å². The van der Waals surface area contributed by atoms with Crippen LogP contribution < -0.4 is 10.1 Å². The van der Waals surface area contributed by atoms with E-state index in [1.54, 1.807) is 27.0 Å². The minimum Gasteiger partial charge on any atom is -0.497 e. The third-order valence-corrected chi connectivity index (χ3v) is 3.46. The van der Waals surface area contributed by atoms with Crippen LogP contribution in [0.25, 0.3) is 11.3 Å². The molecular weight excluding hydrogens is 296 g/mol. The first-order chi connectivity index (χ1) is 11.1. The molecule has 7 heteroatoms. The topological polar surface area (TPSA) is 93.0 Å². The fourth-order valence-corrected chi connectivity index (χ4v) is 2.21.